The van der Waals surface area contributed by atoms with E-state index in [-0.39, 0.29) is 36.7 Å². The Labute approximate surface area is 254 Å². The largest absolute Gasteiger partial charge is 0.414 e. The fourth-order valence-electron chi connectivity index (χ4n) is 4.32. The lowest BCUT2D eigenvalue weighted by Crippen LogP contribution is -2.59. The number of amides is 1. The van der Waals surface area contributed by atoms with Crippen LogP contribution in [-0.4, -0.2) is 70.2 Å². The number of nitrogens with one attached hydrogen (secondary N) is 1. The van der Waals surface area contributed by atoms with E-state index in [1.807, 2.05) is 23.6 Å². The van der Waals surface area contributed by atoms with E-state index in [9.17, 15) is 13.2 Å². The Morgan fingerprint density at radius 1 is 1.25 bits per heavy atom. The van der Waals surface area contributed by atoms with E-state index in [0.29, 0.717) is 27.5 Å². The summed E-state index contributed by atoms with van der Waals surface area (Å²) in [4.78, 5) is 22.7. The Bertz CT molecular complexity index is 1370. The minimum absolute atomic E-state index is 0.0334. The molecule has 1 saturated heterocycles. The summed E-state index contributed by atoms with van der Waals surface area (Å²) in [5.74, 6) is 0.304. The van der Waals surface area contributed by atoms with Crippen molar-refractivity contribution in [2.45, 2.75) is 56.5 Å². The van der Waals surface area contributed by atoms with Crippen molar-refractivity contribution in [3.05, 3.63) is 50.9 Å². The molecule has 14 heteroatoms. The third kappa shape index (κ3) is 7.25. The number of nitrogens with zero attached hydrogens (tertiary/aromatic N) is 2. The van der Waals surface area contributed by atoms with Crippen molar-refractivity contribution in [3.63, 3.8) is 0 Å². The second kappa shape index (κ2) is 11.9. The molecule has 3 atom stereocenters. The lowest BCUT2D eigenvalue weighted by atomic mass is 9.76. The molecule has 0 spiro atoms. The Morgan fingerprint density at radius 3 is 2.55 bits per heavy atom. The summed E-state index contributed by atoms with van der Waals surface area (Å²) in [7, 11) is -5.88. The molecule has 220 valence electrons. The Kier molecular flexibility index (Phi) is 9.43. The number of hydrogen-bond acceptors (Lipinski definition) is 10. The fraction of sp³-hybridized carbons (Fsp3) is 0.577. The highest BCUT2D eigenvalue weighted by Crippen LogP contribution is 2.50. The number of aliphatic imine (C=N–C) groups is 1. The second-order valence-electron chi connectivity index (χ2n) is 11.8. The maximum atomic E-state index is 12.9. The van der Waals surface area contributed by atoms with Crippen LogP contribution in [0.3, 0.4) is 0 Å². The first-order valence-electron chi connectivity index (χ1n) is 12.9. The van der Waals surface area contributed by atoms with Crippen LogP contribution in [0.1, 0.15) is 42.6 Å². The van der Waals surface area contributed by atoms with Crippen LogP contribution < -0.4 is 5.32 Å². The van der Waals surface area contributed by atoms with Gasteiger partial charge in [-0.25, -0.2) is 9.98 Å². The Balaban J connectivity index is 1.66. The summed E-state index contributed by atoms with van der Waals surface area (Å²) in [6, 6.07) is 8.99. The highest BCUT2D eigenvalue weighted by Gasteiger charge is 2.56. The van der Waals surface area contributed by atoms with Crippen molar-refractivity contribution in [1.82, 2.24) is 10.3 Å². The van der Waals surface area contributed by atoms with Gasteiger partial charge in [0, 0.05) is 22.6 Å². The van der Waals surface area contributed by atoms with E-state index < -0.39 is 29.6 Å². The molecular weight excluding hydrogens is 654 g/mol. The number of thioether (sulfide) groups is 1. The molecule has 1 aromatic heterocycles. The molecule has 1 fully saturated rings. The molecule has 2 aromatic rings. The zero-order valence-electron chi connectivity index (χ0n) is 23.5. The molecule has 9 nitrogen and oxygen atoms in total. The van der Waals surface area contributed by atoms with Crippen LogP contribution >= 0.6 is 39.0 Å². The quantitative estimate of drug-likeness (QED) is 0.289. The molecule has 0 aliphatic carbocycles. The number of carbonyl (C=O) groups is 1. The highest BCUT2D eigenvalue weighted by molar-refractivity contribution is 9.10. The minimum Gasteiger partial charge on any atom is -0.414 e. The van der Waals surface area contributed by atoms with Gasteiger partial charge in [0.25, 0.3) is 16.0 Å². The summed E-state index contributed by atoms with van der Waals surface area (Å²) in [6.45, 7) is 11.0. The molecule has 1 N–H and O–H groups in total. The topological polar surface area (TPSA) is 116 Å². The number of ether oxygens (including phenoxy) is 1. The molecule has 2 aliphatic heterocycles. The van der Waals surface area contributed by atoms with E-state index in [1.165, 1.54) is 23.1 Å². The predicted octanol–water partition coefficient (Wildman–Crippen LogP) is 5.41. The van der Waals surface area contributed by atoms with Crippen molar-refractivity contribution in [3.8, 4) is 0 Å². The third-order valence-corrected chi connectivity index (χ3v) is 15.5. The fourth-order valence-corrected chi connectivity index (χ4v) is 8.41. The number of halogens is 1. The monoisotopic (exact) mass is 689 g/mol. The van der Waals surface area contributed by atoms with Crippen LogP contribution in [0.15, 0.2) is 45.3 Å². The molecule has 0 saturated carbocycles. The Morgan fingerprint density at radius 2 is 1.95 bits per heavy atom. The molecular formula is C26H36BrN3O6S3Si. The average molecular weight is 691 g/mol. The van der Waals surface area contributed by atoms with Gasteiger partial charge in [-0.3, -0.25) is 8.98 Å². The van der Waals surface area contributed by atoms with Crippen LogP contribution in [0.4, 0.5) is 0 Å². The van der Waals surface area contributed by atoms with Gasteiger partial charge in [0.1, 0.15) is 20.8 Å². The summed E-state index contributed by atoms with van der Waals surface area (Å²) in [5.41, 5.74) is -1.30. The van der Waals surface area contributed by atoms with Gasteiger partial charge in [0.05, 0.1) is 26.1 Å². The van der Waals surface area contributed by atoms with Crippen molar-refractivity contribution in [1.29, 1.82) is 0 Å². The maximum Gasteiger partial charge on any atom is 0.264 e. The van der Waals surface area contributed by atoms with Gasteiger partial charge in [-0.1, -0.05) is 50.7 Å². The van der Waals surface area contributed by atoms with Gasteiger partial charge in [-0.05, 0) is 52.6 Å². The second-order valence-corrected chi connectivity index (χ2v) is 21.0. The highest BCUT2D eigenvalue weighted by atomic mass is 79.9. The number of thiazole rings is 1. The summed E-state index contributed by atoms with van der Waals surface area (Å²) in [6.07, 6.45) is 1.49. The molecule has 1 aromatic carbocycles. The zero-order valence-corrected chi connectivity index (χ0v) is 28.6. The van der Waals surface area contributed by atoms with Gasteiger partial charge in [-0.15, -0.1) is 11.3 Å². The molecule has 4 rings (SSSR count). The molecule has 1 amide bonds. The van der Waals surface area contributed by atoms with Crippen molar-refractivity contribution < 1.29 is 26.6 Å². The lowest BCUT2D eigenvalue weighted by molar-refractivity contribution is -0.163. The van der Waals surface area contributed by atoms with Crippen LogP contribution in [0.25, 0.3) is 0 Å². The van der Waals surface area contributed by atoms with Gasteiger partial charge in [-0.2, -0.15) is 8.42 Å². The van der Waals surface area contributed by atoms with Crippen molar-refractivity contribution >= 4 is 68.5 Å². The van der Waals surface area contributed by atoms with E-state index in [2.05, 4.69) is 55.1 Å². The molecule has 3 heterocycles. The molecule has 40 heavy (non-hydrogen) atoms. The van der Waals surface area contributed by atoms with Gasteiger partial charge in [0.15, 0.2) is 13.5 Å². The molecule has 2 aliphatic rings. The SMILES string of the molecule is CC(C)(C)[Si](C)(C)OC[C@@]1(COS(C)(=O)=O)C[C@H]2CSC(NC(=O)c3ccccc3)=N[C@@]2(c2nc(Br)cs2)CO1. The lowest BCUT2D eigenvalue weighted by Gasteiger charge is -2.51. The van der Waals surface area contributed by atoms with E-state index in [1.54, 1.807) is 12.1 Å². The zero-order chi connectivity index (χ0) is 29.4. The number of aromatic nitrogens is 1. The average Bonchev–Trinajstić information content (AvgIpc) is 3.33. The van der Waals surface area contributed by atoms with Gasteiger partial charge >= 0.3 is 0 Å². The van der Waals surface area contributed by atoms with Crippen LogP contribution in [0.2, 0.25) is 18.1 Å². The predicted molar refractivity (Wildman–Crippen MR) is 166 cm³/mol. The van der Waals surface area contributed by atoms with Crippen LogP contribution in [0.5, 0.6) is 0 Å². The summed E-state index contributed by atoms with van der Waals surface area (Å²) < 4.78 is 43.2. The molecule has 0 unspecified atom stereocenters. The summed E-state index contributed by atoms with van der Waals surface area (Å²) >= 11 is 6.40. The first-order chi connectivity index (χ1) is 18.5. The summed E-state index contributed by atoms with van der Waals surface area (Å²) in [5, 5.41) is 6.08. The van der Waals surface area contributed by atoms with Gasteiger partial charge in [0.2, 0.25) is 0 Å². The third-order valence-electron chi connectivity index (χ3n) is 7.76. The standard InChI is InChI=1S/C26H36BrN3O6S3Si/c1-24(2,3)40(5,6)36-16-25(15-35-39(4,32)33)12-19-13-38-23(29-21(31)18-10-8-7-9-11-18)30-26(19,17-34-25)22-28-20(27)14-37-22/h7-11,14,19H,12-13,15-17H2,1-6H3,(H,29,30,31)/t19-,25-,26-/m0/s1. The van der Waals surface area contributed by atoms with Gasteiger partial charge < -0.3 is 14.5 Å². The number of hydrogen-bond donors (Lipinski definition) is 1. The smallest absolute Gasteiger partial charge is 0.264 e. The Hall–Kier alpha value is -1.13. The van der Waals surface area contributed by atoms with Crippen LogP contribution in [-0.2, 0) is 29.0 Å². The normalized spacial score (nSPS) is 25.7. The molecule has 0 radical (unpaired) electrons. The van der Waals surface area contributed by atoms with Crippen LogP contribution in [0, 0.1) is 5.92 Å². The molecule has 0 bridgehead atoms. The number of carbonyl (C=O) groups excluding carboxylic acids is 1. The van der Waals surface area contributed by atoms with E-state index in [0.717, 1.165) is 11.3 Å². The van der Waals surface area contributed by atoms with Crippen molar-refractivity contribution in [2.75, 3.05) is 31.8 Å². The van der Waals surface area contributed by atoms with E-state index in [4.69, 9.17) is 23.3 Å². The maximum absolute atomic E-state index is 12.9. The number of fused-ring (bicyclic) bond motifs is 1. The number of rotatable bonds is 8. The first-order valence-corrected chi connectivity index (χ1v) is 20.3. The number of benzene rings is 1. The minimum atomic E-state index is -3.71. The first kappa shape index (κ1) is 31.8. The van der Waals surface area contributed by atoms with E-state index >= 15 is 0 Å². The number of amidine groups is 1. The van der Waals surface area contributed by atoms with Crippen molar-refractivity contribution in [2.24, 2.45) is 10.9 Å².